The molecule has 3 nitrogen and oxygen atoms in total. The van der Waals surface area contributed by atoms with Crippen LogP contribution < -0.4 is 5.32 Å². The first-order valence-electron chi connectivity index (χ1n) is 8.60. The van der Waals surface area contributed by atoms with Gasteiger partial charge in [0.1, 0.15) is 0 Å². The molecule has 0 aliphatic rings. The molecule has 0 spiro atoms. The van der Waals surface area contributed by atoms with Gasteiger partial charge in [-0.05, 0) is 48.0 Å². The standard InChI is InChI=1S/C22H13Cl3N2OS/c23-14-8-6-13(7-9-14)20-19(17-11-10-15(24)12-18(17)25)27-22(29-20)21(28)26-16-4-2-1-3-5-16/h1-12H,(H,26,28). The number of nitrogens with zero attached hydrogens (tertiary/aromatic N) is 1. The molecular weight excluding hydrogens is 447 g/mol. The number of thiazole rings is 1. The van der Waals surface area contributed by atoms with E-state index >= 15 is 0 Å². The number of carbonyl (C=O) groups is 1. The summed E-state index contributed by atoms with van der Waals surface area (Å²) >= 11 is 19.8. The minimum atomic E-state index is -0.284. The SMILES string of the molecule is O=C(Nc1ccccc1)c1nc(-c2ccc(Cl)cc2Cl)c(-c2ccc(Cl)cc2)s1. The van der Waals surface area contributed by atoms with E-state index in [1.54, 1.807) is 30.3 Å². The molecule has 7 heteroatoms. The first kappa shape index (κ1) is 19.9. The average Bonchev–Trinajstić information content (AvgIpc) is 3.14. The summed E-state index contributed by atoms with van der Waals surface area (Å²) in [6.45, 7) is 0. The zero-order valence-electron chi connectivity index (χ0n) is 14.8. The van der Waals surface area contributed by atoms with E-state index in [-0.39, 0.29) is 5.91 Å². The van der Waals surface area contributed by atoms with Gasteiger partial charge in [-0.15, -0.1) is 11.3 Å². The lowest BCUT2D eigenvalue weighted by Crippen LogP contribution is -2.11. The summed E-state index contributed by atoms with van der Waals surface area (Å²) < 4.78 is 0. The van der Waals surface area contributed by atoms with Crippen molar-refractivity contribution in [1.82, 2.24) is 4.98 Å². The van der Waals surface area contributed by atoms with Crippen molar-refractivity contribution in [2.75, 3.05) is 5.32 Å². The number of hydrogen-bond donors (Lipinski definition) is 1. The smallest absolute Gasteiger partial charge is 0.284 e. The molecule has 3 aromatic carbocycles. The number of halogens is 3. The van der Waals surface area contributed by atoms with Crippen LogP contribution in [0.25, 0.3) is 21.7 Å². The first-order valence-corrected chi connectivity index (χ1v) is 10.5. The highest BCUT2D eigenvalue weighted by Gasteiger charge is 2.21. The Hall–Kier alpha value is -2.37. The Bertz CT molecular complexity index is 1170. The number of nitrogens with one attached hydrogen (secondary N) is 1. The molecule has 0 bridgehead atoms. The fourth-order valence-corrected chi connectivity index (χ4v) is 4.39. The predicted octanol–water partition coefficient (Wildman–Crippen LogP) is 7.69. The fraction of sp³-hybridized carbons (Fsp3) is 0. The van der Waals surface area contributed by atoms with Gasteiger partial charge in [-0.25, -0.2) is 4.98 Å². The van der Waals surface area contributed by atoms with E-state index in [4.69, 9.17) is 34.8 Å². The van der Waals surface area contributed by atoms with Crippen LogP contribution in [-0.2, 0) is 0 Å². The van der Waals surface area contributed by atoms with Crippen LogP contribution in [0, 0.1) is 0 Å². The number of anilines is 1. The Morgan fingerprint density at radius 1 is 0.862 bits per heavy atom. The lowest BCUT2D eigenvalue weighted by Gasteiger charge is -2.05. The van der Waals surface area contributed by atoms with E-state index in [1.165, 1.54) is 11.3 Å². The Morgan fingerprint density at radius 3 is 2.24 bits per heavy atom. The van der Waals surface area contributed by atoms with Crippen molar-refractivity contribution in [1.29, 1.82) is 0 Å². The maximum Gasteiger partial charge on any atom is 0.284 e. The predicted molar refractivity (Wildman–Crippen MR) is 122 cm³/mol. The first-order chi connectivity index (χ1) is 14.0. The number of carbonyl (C=O) groups excluding carboxylic acids is 1. The molecule has 0 saturated heterocycles. The highest BCUT2D eigenvalue weighted by Crippen LogP contribution is 2.40. The van der Waals surface area contributed by atoms with Crippen LogP contribution in [0.3, 0.4) is 0 Å². The van der Waals surface area contributed by atoms with Gasteiger partial charge in [0.15, 0.2) is 5.01 Å². The van der Waals surface area contributed by atoms with Crippen molar-refractivity contribution in [3.63, 3.8) is 0 Å². The summed E-state index contributed by atoms with van der Waals surface area (Å²) in [6, 6.07) is 21.8. The van der Waals surface area contributed by atoms with Gasteiger partial charge >= 0.3 is 0 Å². The van der Waals surface area contributed by atoms with E-state index in [2.05, 4.69) is 10.3 Å². The van der Waals surface area contributed by atoms with E-state index in [1.807, 2.05) is 42.5 Å². The Morgan fingerprint density at radius 2 is 1.55 bits per heavy atom. The van der Waals surface area contributed by atoms with Crippen LogP contribution in [-0.4, -0.2) is 10.9 Å². The molecule has 1 heterocycles. The third-order valence-corrected chi connectivity index (χ3v) is 6.05. The molecule has 0 saturated carbocycles. The minimum Gasteiger partial charge on any atom is -0.320 e. The number of rotatable bonds is 4. The van der Waals surface area contributed by atoms with Crippen LogP contribution in [0.15, 0.2) is 72.8 Å². The van der Waals surface area contributed by atoms with Gasteiger partial charge in [-0.3, -0.25) is 4.79 Å². The van der Waals surface area contributed by atoms with Crippen LogP contribution >= 0.6 is 46.1 Å². The normalized spacial score (nSPS) is 10.7. The van der Waals surface area contributed by atoms with E-state index in [9.17, 15) is 4.79 Å². The van der Waals surface area contributed by atoms with Gasteiger partial charge in [-0.2, -0.15) is 0 Å². The molecule has 0 atom stereocenters. The molecule has 1 aromatic heterocycles. The van der Waals surface area contributed by atoms with Crippen molar-refractivity contribution in [3.8, 4) is 21.7 Å². The average molecular weight is 460 g/mol. The second-order valence-electron chi connectivity index (χ2n) is 6.15. The summed E-state index contributed by atoms with van der Waals surface area (Å²) in [5, 5.41) is 4.83. The third kappa shape index (κ3) is 4.46. The van der Waals surface area contributed by atoms with Crippen molar-refractivity contribution < 1.29 is 4.79 Å². The number of hydrogen-bond acceptors (Lipinski definition) is 3. The van der Waals surface area contributed by atoms with E-state index in [0.717, 1.165) is 10.4 Å². The highest BCUT2D eigenvalue weighted by atomic mass is 35.5. The molecule has 0 aliphatic heterocycles. The molecule has 0 aliphatic carbocycles. The van der Waals surface area contributed by atoms with Crippen molar-refractivity contribution in [2.45, 2.75) is 0 Å². The largest absolute Gasteiger partial charge is 0.320 e. The summed E-state index contributed by atoms with van der Waals surface area (Å²) in [4.78, 5) is 18.2. The molecule has 4 rings (SSSR count). The molecule has 29 heavy (non-hydrogen) atoms. The number of benzene rings is 3. The topological polar surface area (TPSA) is 42.0 Å². The molecule has 1 amide bonds. The molecule has 0 fully saturated rings. The van der Waals surface area contributed by atoms with Gasteiger partial charge in [0.25, 0.3) is 5.91 Å². The number of para-hydroxylation sites is 1. The number of aromatic nitrogens is 1. The summed E-state index contributed by atoms with van der Waals surface area (Å²) in [5.74, 6) is -0.284. The summed E-state index contributed by atoms with van der Waals surface area (Å²) in [7, 11) is 0. The van der Waals surface area contributed by atoms with E-state index < -0.39 is 0 Å². The van der Waals surface area contributed by atoms with Crippen LogP contribution in [0.2, 0.25) is 15.1 Å². The second-order valence-corrected chi connectivity index (χ2v) is 8.43. The van der Waals surface area contributed by atoms with Gasteiger partial charge in [0, 0.05) is 21.3 Å². The van der Waals surface area contributed by atoms with Gasteiger partial charge in [-0.1, -0.05) is 65.1 Å². The number of amides is 1. The van der Waals surface area contributed by atoms with Crippen LogP contribution in [0.4, 0.5) is 5.69 Å². The molecule has 4 aromatic rings. The molecule has 0 radical (unpaired) electrons. The maximum absolute atomic E-state index is 12.8. The lowest BCUT2D eigenvalue weighted by atomic mass is 10.1. The van der Waals surface area contributed by atoms with Crippen molar-refractivity contribution >= 4 is 57.7 Å². The zero-order valence-corrected chi connectivity index (χ0v) is 17.9. The third-order valence-electron chi connectivity index (χ3n) is 4.15. The molecule has 0 unspecified atom stereocenters. The van der Waals surface area contributed by atoms with Crippen LogP contribution in [0.5, 0.6) is 0 Å². The summed E-state index contributed by atoms with van der Waals surface area (Å²) in [5.41, 5.74) is 2.92. The monoisotopic (exact) mass is 458 g/mol. The van der Waals surface area contributed by atoms with Gasteiger partial charge in [0.05, 0.1) is 15.6 Å². The fourth-order valence-electron chi connectivity index (χ4n) is 2.78. The quantitative estimate of drug-likeness (QED) is 0.340. The molecule has 1 N–H and O–H groups in total. The second kappa shape index (κ2) is 8.56. The zero-order chi connectivity index (χ0) is 20.4. The van der Waals surface area contributed by atoms with E-state index in [0.29, 0.717) is 37.0 Å². The van der Waals surface area contributed by atoms with Crippen LogP contribution in [0.1, 0.15) is 9.80 Å². The maximum atomic E-state index is 12.8. The Labute approximate surface area is 186 Å². The molecule has 144 valence electrons. The minimum absolute atomic E-state index is 0.284. The van der Waals surface area contributed by atoms with Crippen molar-refractivity contribution in [2.24, 2.45) is 0 Å². The Kier molecular flexibility index (Phi) is 5.88. The molecular formula is C22H13Cl3N2OS. The summed E-state index contributed by atoms with van der Waals surface area (Å²) in [6.07, 6.45) is 0. The highest BCUT2D eigenvalue weighted by molar-refractivity contribution is 7.17. The van der Waals surface area contributed by atoms with Gasteiger partial charge < -0.3 is 5.32 Å². The Balaban J connectivity index is 1.80. The van der Waals surface area contributed by atoms with Gasteiger partial charge in [0.2, 0.25) is 0 Å². The van der Waals surface area contributed by atoms with Crippen molar-refractivity contribution in [3.05, 3.63) is 92.9 Å². The lowest BCUT2D eigenvalue weighted by molar-refractivity contribution is 0.102.